The molecule has 0 saturated carbocycles. The fraction of sp³-hybridized carbons (Fsp3) is 0.381. The van der Waals surface area contributed by atoms with Crippen LogP contribution in [0.1, 0.15) is 24.5 Å². The Bertz CT molecular complexity index is 853. The van der Waals surface area contributed by atoms with E-state index in [-0.39, 0.29) is 17.6 Å². The maximum atomic E-state index is 13.1. The van der Waals surface area contributed by atoms with Crippen LogP contribution in [0.5, 0.6) is 5.75 Å². The number of benzene rings is 2. The molecule has 2 unspecified atom stereocenters. The molecular weight excluding hydrogens is 383 g/mol. The highest BCUT2D eigenvalue weighted by molar-refractivity contribution is 6.30. The first-order chi connectivity index (χ1) is 13.5. The van der Waals surface area contributed by atoms with Gasteiger partial charge in [-0.05, 0) is 54.7 Å². The highest BCUT2D eigenvalue weighted by atomic mass is 35.5. The van der Waals surface area contributed by atoms with Gasteiger partial charge in [-0.25, -0.2) is 4.39 Å². The van der Waals surface area contributed by atoms with Crippen LogP contribution in [0.2, 0.25) is 5.02 Å². The van der Waals surface area contributed by atoms with Gasteiger partial charge in [0.25, 0.3) is 5.91 Å². The van der Waals surface area contributed by atoms with Gasteiger partial charge in [-0.3, -0.25) is 4.79 Å². The number of carbonyl (C=O) groups is 1. The number of carbonyl (C=O) groups excluding carboxylic acids is 1. The Morgan fingerprint density at radius 1 is 1.21 bits per heavy atom. The minimum Gasteiger partial charge on any atom is -0.477 e. The van der Waals surface area contributed by atoms with E-state index in [1.807, 2.05) is 0 Å². The van der Waals surface area contributed by atoms with Crippen molar-refractivity contribution in [2.45, 2.75) is 25.0 Å². The van der Waals surface area contributed by atoms with E-state index < -0.39 is 12.2 Å². The van der Waals surface area contributed by atoms with Crippen LogP contribution in [0.3, 0.4) is 0 Å². The lowest BCUT2D eigenvalue weighted by Gasteiger charge is -2.37. The van der Waals surface area contributed by atoms with E-state index in [2.05, 4.69) is 5.32 Å². The first kappa shape index (κ1) is 19.0. The summed E-state index contributed by atoms with van der Waals surface area (Å²) in [6.45, 7) is 1.52. The molecule has 1 fully saturated rings. The molecule has 0 aromatic heterocycles. The topological polar surface area (TPSA) is 61.8 Å². The number of ether oxygens (including phenoxy) is 1. The van der Waals surface area contributed by atoms with Gasteiger partial charge in [0.05, 0.1) is 18.3 Å². The van der Waals surface area contributed by atoms with Crippen LogP contribution in [0.15, 0.2) is 42.5 Å². The third-order valence-corrected chi connectivity index (χ3v) is 5.71. The quantitative estimate of drug-likeness (QED) is 0.820. The number of piperidine rings is 1. The smallest absolute Gasteiger partial charge is 0.265 e. The number of hydrogen-bond acceptors (Lipinski definition) is 4. The van der Waals surface area contributed by atoms with Crippen molar-refractivity contribution in [3.8, 4) is 5.75 Å². The van der Waals surface area contributed by atoms with Crippen molar-refractivity contribution in [3.05, 3.63) is 58.9 Å². The number of rotatable bonds is 3. The van der Waals surface area contributed by atoms with E-state index in [1.165, 1.54) is 12.1 Å². The number of fused-ring (bicyclic) bond motifs is 1. The SMILES string of the molecule is O=C(C1CNc2cc(Cl)ccc2O1)N1CCC(C(O)c2ccc(F)cc2)CC1. The predicted molar refractivity (Wildman–Crippen MR) is 105 cm³/mol. The van der Waals surface area contributed by atoms with Crippen molar-refractivity contribution in [1.29, 1.82) is 0 Å². The fourth-order valence-electron chi connectivity index (χ4n) is 3.85. The summed E-state index contributed by atoms with van der Waals surface area (Å²) >= 11 is 5.98. The van der Waals surface area contributed by atoms with Crippen LogP contribution in [-0.4, -0.2) is 41.7 Å². The van der Waals surface area contributed by atoms with Crippen LogP contribution >= 0.6 is 11.6 Å². The normalized spacial score (nSPS) is 20.7. The van der Waals surface area contributed by atoms with Gasteiger partial charge in [0.15, 0.2) is 6.10 Å². The van der Waals surface area contributed by atoms with E-state index in [9.17, 15) is 14.3 Å². The molecule has 2 aromatic carbocycles. The van der Waals surface area contributed by atoms with Gasteiger partial charge in [0.1, 0.15) is 11.6 Å². The Balaban J connectivity index is 1.34. The number of aliphatic hydroxyl groups excluding tert-OH is 1. The molecule has 2 aliphatic rings. The van der Waals surface area contributed by atoms with Gasteiger partial charge in [0, 0.05) is 18.1 Å². The number of halogens is 2. The Morgan fingerprint density at radius 3 is 2.64 bits per heavy atom. The van der Waals surface area contributed by atoms with E-state index in [4.69, 9.17) is 16.3 Å². The van der Waals surface area contributed by atoms with Crippen LogP contribution in [0.25, 0.3) is 0 Å². The lowest BCUT2D eigenvalue weighted by Crippen LogP contribution is -2.49. The van der Waals surface area contributed by atoms with Crippen molar-refractivity contribution in [1.82, 2.24) is 4.90 Å². The molecule has 2 aromatic rings. The van der Waals surface area contributed by atoms with Crippen LogP contribution in [-0.2, 0) is 4.79 Å². The summed E-state index contributed by atoms with van der Waals surface area (Å²) in [7, 11) is 0. The third-order valence-electron chi connectivity index (χ3n) is 5.47. The zero-order valence-electron chi connectivity index (χ0n) is 15.3. The molecule has 0 radical (unpaired) electrons. The summed E-state index contributed by atoms with van der Waals surface area (Å²) in [6, 6.07) is 11.2. The highest BCUT2D eigenvalue weighted by Crippen LogP contribution is 2.34. The Kier molecular flexibility index (Phi) is 5.42. The van der Waals surface area contributed by atoms with E-state index >= 15 is 0 Å². The second-order valence-corrected chi connectivity index (χ2v) is 7.72. The number of hydrogen-bond donors (Lipinski definition) is 2. The fourth-order valence-corrected chi connectivity index (χ4v) is 4.02. The van der Waals surface area contributed by atoms with Gasteiger partial charge < -0.3 is 20.1 Å². The van der Waals surface area contributed by atoms with Crippen molar-refractivity contribution >= 4 is 23.2 Å². The number of amides is 1. The van der Waals surface area contributed by atoms with Crippen molar-refractivity contribution in [3.63, 3.8) is 0 Å². The van der Waals surface area contributed by atoms with Crippen LogP contribution in [0.4, 0.5) is 10.1 Å². The molecule has 2 atom stereocenters. The predicted octanol–water partition coefficient (Wildman–Crippen LogP) is 3.62. The summed E-state index contributed by atoms with van der Waals surface area (Å²) < 4.78 is 18.9. The molecule has 7 heteroatoms. The molecule has 0 bridgehead atoms. The zero-order chi connectivity index (χ0) is 19.7. The molecule has 1 saturated heterocycles. The van der Waals surface area contributed by atoms with Gasteiger partial charge in [-0.2, -0.15) is 0 Å². The average molecular weight is 405 g/mol. The van der Waals surface area contributed by atoms with Crippen molar-refractivity contribution < 1.29 is 19.0 Å². The maximum absolute atomic E-state index is 13.1. The molecule has 2 aliphatic heterocycles. The van der Waals surface area contributed by atoms with E-state index in [0.29, 0.717) is 48.8 Å². The first-order valence-electron chi connectivity index (χ1n) is 9.43. The highest BCUT2D eigenvalue weighted by Gasteiger charge is 2.34. The number of likely N-dealkylation sites (tertiary alicyclic amines) is 1. The number of nitrogens with zero attached hydrogens (tertiary/aromatic N) is 1. The molecule has 4 rings (SSSR count). The van der Waals surface area contributed by atoms with Crippen molar-refractivity contribution in [2.24, 2.45) is 5.92 Å². The molecule has 0 aliphatic carbocycles. The van der Waals surface area contributed by atoms with Gasteiger partial charge in [-0.1, -0.05) is 23.7 Å². The third kappa shape index (κ3) is 3.93. The first-order valence-corrected chi connectivity index (χ1v) is 9.81. The Labute approximate surface area is 168 Å². The molecule has 148 valence electrons. The lowest BCUT2D eigenvalue weighted by molar-refractivity contribution is -0.140. The second-order valence-electron chi connectivity index (χ2n) is 7.29. The standard InChI is InChI=1S/C21H22ClFN2O3/c22-15-3-6-18-17(11-15)24-12-19(28-18)21(27)25-9-7-14(8-10-25)20(26)13-1-4-16(23)5-2-13/h1-6,11,14,19-20,24,26H,7-10,12H2. The molecular formula is C21H22ClFN2O3. The lowest BCUT2D eigenvalue weighted by atomic mass is 9.87. The van der Waals surface area contributed by atoms with E-state index in [1.54, 1.807) is 35.2 Å². The molecule has 1 amide bonds. The Morgan fingerprint density at radius 2 is 1.93 bits per heavy atom. The summed E-state index contributed by atoms with van der Waals surface area (Å²) in [5.41, 5.74) is 1.50. The summed E-state index contributed by atoms with van der Waals surface area (Å²) in [4.78, 5) is 14.6. The second kappa shape index (κ2) is 7.97. The van der Waals surface area contributed by atoms with Gasteiger partial charge in [0.2, 0.25) is 0 Å². The van der Waals surface area contributed by atoms with Gasteiger partial charge >= 0.3 is 0 Å². The molecule has 5 nitrogen and oxygen atoms in total. The number of anilines is 1. The summed E-state index contributed by atoms with van der Waals surface area (Å²) in [5, 5.41) is 14.4. The maximum Gasteiger partial charge on any atom is 0.265 e. The minimum absolute atomic E-state index is 0.0442. The van der Waals surface area contributed by atoms with Crippen molar-refractivity contribution in [2.75, 3.05) is 25.0 Å². The summed E-state index contributed by atoms with van der Waals surface area (Å²) in [6.07, 6.45) is 0.155. The van der Waals surface area contributed by atoms with Crippen LogP contribution < -0.4 is 10.1 Å². The van der Waals surface area contributed by atoms with Crippen LogP contribution in [0, 0.1) is 11.7 Å². The summed E-state index contributed by atoms with van der Waals surface area (Å²) in [5.74, 6) is 0.294. The molecule has 2 heterocycles. The van der Waals surface area contributed by atoms with E-state index in [0.717, 1.165) is 5.69 Å². The largest absolute Gasteiger partial charge is 0.477 e. The minimum atomic E-state index is -0.651. The molecule has 28 heavy (non-hydrogen) atoms. The monoisotopic (exact) mass is 404 g/mol. The average Bonchev–Trinajstić information content (AvgIpc) is 2.73. The van der Waals surface area contributed by atoms with Gasteiger partial charge in [-0.15, -0.1) is 0 Å². The molecule has 2 N–H and O–H groups in total. The number of aliphatic hydroxyl groups is 1. The number of nitrogens with one attached hydrogen (secondary N) is 1. The zero-order valence-corrected chi connectivity index (χ0v) is 16.0. The Hall–Kier alpha value is -2.31. The molecule has 0 spiro atoms.